The minimum atomic E-state index is 0. The SMILES string of the molecule is Brc1c(Br)c2[nH]c1c(-c1ccccc1)c1nc(c(-c3ccccc3)c3[nH]c(c(Br)c3Br)c(-c3ccccc3)c3nc(c2-c2ccccc2)C=C3)C=C1.[Cu]. The molecular formula is C44H26Br4CuN4. The van der Waals surface area contributed by atoms with Crippen molar-refractivity contribution in [2.45, 2.75) is 0 Å². The quantitative estimate of drug-likeness (QED) is 0.173. The van der Waals surface area contributed by atoms with Gasteiger partial charge in [-0.1, -0.05) is 121 Å². The molecule has 261 valence electrons. The van der Waals surface area contributed by atoms with E-state index in [9.17, 15) is 0 Å². The second-order valence-corrected chi connectivity index (χ2v) is 15.6. The molecule has 5 heterocycles. The molecule has 0 unspecified atom stereocenters. The summed E-state index contributed by atoms with van der Waals surface area (Å²) in [4.78, 5) is 18.5. The Bertz CT molecular complexity index is 2390. The molecule has 4 nitrogen and oxygen atoms in total. The van der Waals surface area contributed by atoms with Crippen molar-refractivity contribution < 1.29 is 17.1 Å². The fourth-order valence-electron chi connectivity index (χ4n) is 6.98. The molecule has 3 aromatic heterocycles. The van der Waals surface area contributed by atoms with Gasteiger partial charge in [0.15, 0.2) is 0 Å². The summed E-state index contributed by atoms with van der Waals surface area (Å²) in [6.07, 6.45) is 8.45. The predicted octanol–water partition coefficient (Wildman–Crippen LogP) is 14.4. The number of hydrogen-bond donors (Lipinski definition) is 2. The number of nitrogens with zero attached hydrogens (tertiary/aromatic N) is 2. The fourth-order valence-corrected chi connectivity index (χ4v) is 8.96. The molecule has 53 heavy (non-hydrogen) atoms. The maximum Gasteiger partial charge on any atom is 0.0737 e. The predicted molar refractivity (Wildman–Crippen MR) is 231 cm³/mol. The molecule has 9 rings (SSSR count). The van der Waals surface area contributed by atoms with Crippen molar-refractivity contribution in [3.05, 3.63) is 162 Å². The molecule has 7 aromatic rings. The Kier molecular flexibility index (Phi) is 10.2. The van der Waals surface area contributed by atoms with Crippen molar-refractivity contribution in [1.82, 2.24) is 19.9 Å². The smallest absolute Gasteiger partial charge is 0.0737 e. The van der Waals surface area contributed by atoms with Gasteiger partial charge in [0, 0.05) is 39.3 Å². The molecule has 2 N–H and O–H groups in total. The number of aromatic nitrogens is 4. The van der Waals surface area contributed by atoms with Gasteiger partial charge in [0.2, 0.25) is 0 Å². The summed E-state index contributed by atoms with van der Waals surface area (Å²) in [5.74, 6) is 0. The van der Waals surface area contributed by atoms with Gasteiger partial charge in [0.25, 0.3) is 0 Å². The van der Waals surface area contributed by atoms with E-state index in [-0.39, 0.29) is 17.1 Å². The zero-order valence-corrected chi connectivity index (χ0v) is 34.8. The molecule has 0 saturated carbocycles. The molecule has 9 heteroatoms. The topological polar surface area (TPSA) is 57.4 Å². The Morgan fingerprint density at radius 3 is 0.736 bits per heavy atom. The zero-order valence-electron chi connectivity index (χ0n) is 27.6. The molecule has 2 aliphatic heterocycles. The molecule has 0 atom stereocenters. The Morgan fingerprint density at radius 1 is 0.321 bits per heavy atom. The number of aromatic amines is 2. The van der Waals surface area contributed by atoms with Gasteiger partial charge in [0.1, 0.15) is 0 Å². The van der Waals surface area contributed by atoms with Crippen LogP contribution < -0.4 is 0 Å². The molecular weight excluding hydrogens is 968 g/mol. The number of rotatable bonds is 4. The van der Waals surface area contributed by atoms with E-state index < -0.39 is 0 Å². The number of halogens is 4. The first-order chi connectivity index (χ1) is 25.5. The van der Waals surface area contributed by atoms with Crippen LogP contribution in [0.3, 0.4) is 0 Å². The summed E-state index contributed by atoms with van der Waals surface area (Å²) in [5.41, 5.74) is 15.1. The van der Waals surface area contributed by atoms with Gasteiger partial charge in [-0.25, -0.2) is 9.97 Å². The van der Waals surface area contributed by atoms with Gasteiger partial charge < -0.3 is 9.97 Å². The van der Waals surface area contributed by atoms with Crippen molar-refractivity contribution >= 4 is 110 Å². The summed E-state index contributed by atoms with van der Waals surface area (Å²) in [5, 5.41) is 0. The summed E-state index contributed by atoms with van der Waals surface area (Å²) in [6.45, 7) is 0. The molecule has 0 fully saturated rings. The van der Waals surface area contributed by atoms with Crippen molar-refractivity contribution in [1.29, 1.82) is 0 Å². The van der Waals surface area contributed by atoms with E-state index >= 15 is 0 Å². The number of H-pyrrole nitrogens is 2. The van der Waals surface area contributed by atoms with E-state index in [1.54, 1.807) is 0 Å². The third-order valence-electron chi connectivity index (χ3n) is 9.32. The number of nitrogens with one attached hydrogen (secondary N) is 2. The minimum Gasteiger partial charge on any atom is -0.352 e. The molecule has 0 saturated heterocycles. The van der Waals surface area contributed by atoms with Crippen LogP contribution in [0.25, 0.3) is 90.9 Å². The third-order valence-corrected chi connectivity index (χ3v) is 13.6. The maximum absolute atomic E-state index is 5.42. The number of hydrogen-bond acceptors (Lipinski definition) is 2. The molecule has 0 amide bonds. The van der Waals surface area contributed by atoms with Crippen molar-refractivity contribution in [2.24, 2.45) is 0 Å². The monoisotopic (exact) mass is 989 g/mol. The number of benzene rings is 4. The Hall–Kier alpha value is -4.08. The van der Waals surface area contributed by atoms with Gasteiger partial charge in [0.05, 0.1) is 62.7 Å². The van der Waals surface area contributed by atoms with Crippen LogP contribution in [-0.2, 0) is 17.1 Å². The average Bonchev–Trinajstić information content (AvgIpc) is 3.98. The second kappa shape index (κ2) is 15.0. The molecule has 8 bridgehead atoms. The molecule has 2 aliphatic rings. The van der Waals surface area contributed by atoms with Crippen LogP contribution in [0.4, 0.5) is 0 Å². The summed E-state index contributed by atoms with van der Waals surface area (Å²) >= 11 is 16.0. The van der Waals surface area contributed by atoms with E-state index in [0.717, 1.165) is 107 Å². The van der Waals surface area contributed by atoms with Gasteiger partial charge >= 0.3 is 0 Å². The largest absolute Gasteiger partial charge is 0.352 e. The van der Waals surface area contributed by atoms with Crippen LogP contribution in [0.2, 0.25) is 0 Å². The minimum absolute atomic E-state index is 0. The van der Waals surface area contributed by atoms with Crippen LogP contribution in [0.5, 0.6) is 0 Å². The summed E-state index contributed by atoms with van der Waals surface area (Å²) in [7, 11) is 0. The standard InChI is InChI=1S/C44H26Br4N4.Cu/c45-37-38(46)42-35(27-17-9-3-10-18-27)31-23-24-32(50-31)36(28-19-11-4-12-20-28)44-40(48)39(47)43(52-44)34(26-15-7-2-8-16-26)30-22-21-29(49-30)33(41(37)51-42)25-13-5-1-6-14-25;/h1-24,51-52H;. The first-order valence-corrected chi connectivity index (χ1v) is 19.8. The molecule has 4 aromatic carbocycles. The zero-order chi connectivity index (χ0) is 35.3. The third kappa shape index (κ3) is 6.37. The van der Waals surface area contributed by atoms with Gasteiger partial charge in [-0.2, -0.15) is 0 Å². The van der Waals surface area contributed by atoms with E-state index in [1.165, 1.54) is 0 Å². The van der Waals surface area contributed by atoms with Gasteiger partial charge in [-0.05, 0) is 110 Å². The van der Waals surface area contributed by atoms with Crippen molar-refractivity contribution in [3.8, 4) is 44.5 Å². The van der Waals surface area contributed by atoms with E-state index in [4.69, 9.17) is 9.97 Å². The van der Waals surface area contributed by atoms with Crippen LogP contribution in [0.15, 0.2) is 139 Å². The van der Waals surface area contributed by atoms with Crippen molar-refractivity contribution in [2.75, 3.05) is 0 Å². The van der Waals surface area contributed by atoms with E-state index in [0.29, 0.717) is 0 Å². The Morgan fingerprint density at radius 2 is 0.528 bits per heavy atom. The van der Waals surface area contributed by atoms with Gasteiger partial charge in [-0.15, -0.1) is 0 Å². The summed E-state index contributed by atoms with van der Waals surface area (Å²) in [6, 6.07) is 41.7. The van der Waals surface area contributed by atoms with Crippen LogP contribution in [-0.4, -0.2) is 19.9 Å². The van der Waals surface area contributed by atoms with E-state index in [1.807, 2.05) is 24.3 Å². The van der Waals surface area contributed by atoms with Crippen molar-refractivity contribution in [3.63, 3.8) is 0 Å². The molecule has 0 spiro atoms. The van der Waals surface area contributed by atoms with Gasteiger partial charge in [-0.3, -0.25) is 0 Å². The second-order valence-electron chi connectivity index (χ2n) is 12.4. The molecule has 1 radical (unpaired) electrons. The Balaban J connectivity index is 0.00000400. The summed E-state index contributed by atoms with van der Waals surface area (Å²) < 4.78 is 3.61. The normalized spacial score (nSPS) is 11.8. The first kappa shape index (κ1) is 35.9. The Labute approximate surface area is 350 Å². The fraction of sp³-hybridized carbons (Fsp3) is 0. The van der Waals surface area contributed by atoms with Crippen LogP contribution in [0, 0.1) is 0 Å². The maximum atomic E-state index is 5.42. The van der Waals surface area contributed by atoms with E-state index in [2.05, 4.69) is 195 Å². The van der Waals surface area contributed by atoms with Crippen LogP contribution >= 0.6 is 63.7 Å². The first-order valence-electron chi connectivity index (χ1n) is 16.6. The molecule has 0 aliphatic carbocycles. The van der Waals surface area contributed by atoms with Crippen LogP contribution in [0.1, 0.15) is 22.8 Å². The number of fused-ring (bicyclic) bond motifs is 8. The average molecular weight is 994 g/mol.